The number of nitrogens with one attached hydrogen (secondary N) is 1. The van der Waals surface area contributed by atoms with Gasteiger partial charge in [-0.25, -0.2) is 4.79 Å². The average Bonchev–Trinajstić information content (AvgIpc) is 2.97. The van der Waals surface area contributed by atoms with Crippen LogP contribution in [0.15, 0.2) is 24.5 Å². The third-order valence-electron chi connectivity index (χ3n) is 3.51. The third-order valence-corrected chi connectivity index (χ3v) is 3.51. The van der Waals surface area contributed by atoms with Crippen LogP contribution in [0, 0.1) is 0 Å². The lowest BCUT2D eigenvalue weighted by Crippen LogP contribution is -2.36. The lowest BCUT2D eigenvalue weighted by Gasteiger charge is -2.26. The molecule has 0 fully saturated rings. The Bertz CT molecular complexity index is 681. The molecule has 1 aliphatic rings. The lowest BCUT2D eigenvalue weighted by molar-refractivity contribution is 0.0592. The van der Waals surface area contributed by atoms with E-state index < -0.39 is 5.97 Å². The molecule has 2 aromatic rings. The summed E-state index contributed by atoms with van der Waals surface area (Å²) in [5, 5.41) is 6.80. The van der Waals surface area contributed by atoms with E-state index in [1.165, 1.54) is 7.11 Å². The molecule has 0 aromatic carbocycles. The van der Waals surface area contributed by atoms with Crippen molar-refractivity contribution in [2.24, 2.45) is 0 Å². The quantitative estimate of drug-likeness (QED) is 0.825. The first-order valence-corrected chi connectivity index (χ1v) is 6.54. The van der Waals surface area contributed by atoms with Gasteiger partial charge in [0.15, 0.2) is 5.69 Å². The number of hydrogen-bond donors (Lipinski definition) is 1. The highest BCUT2D eigenvalue weighted by Gasteiger charge is 2.28. The second-order valence-electron chi connectivity index (χ2n) is 4.74. The largest absolute Gasteiger partial charge is 0.464 e. The highest BCUT2D eigenvalue weighted by atomic mass is 16.5. The summed E-state index contributed by atoms with van der Waals surface area (Å²) in [4.78, 5) is 29.6. The van der Waals surface area contributed by atoms with Crippen molar-refractivity contribution in [3.05, 3.63) is 47.0 Å². The Morgan fingerprint density at radius 3 is 3.00 bits per heavy atom. The second-order valence-corrected chi connectivity index (χ2v) is 4.74. The number of H-pyrrole nitrogens is 1. The fraction of sp³-hybridized carbons (Fsp3) is 0.286. The second kappa shape index (κ2) is 5.35. The van der Waals surface area contributed by atoms with E-state index in [0.717, 1.165) is 11.3 Å². The van der Waals surface area contributed by atoms with Gasteiger partial charge in [0.05, 0.1) is 24.9 Å². The van der Waals surface area contributed by atoms with Gasteiger partial charge in [-0.1, -0.05) is 0 Å². The topological polar surface area (TPSA) is 88.2 Å². The Labute approximate surface area is 120 Å². The maximum Gasteiger partial charge on any atom is 0.358 e. The molecule has 7 heteroatoms. The molecule has 1 N–H and O–H groups in total. The number of amides is 1. The molecular formula is C14H14N4O3. The minimum atomic E-state index is -0.459. The summed E-state index contributed by atoms with van der Waals surface area (Å²) in [6, 6.07) is 3.46. The van der Waals surface area contributed by atoms with E-state index in [4.69, 9.17) is 4.74 Å². The maximum absolute atomic E-state index is 12.4. The number of nitrogens with zero attached hydrogens (tertiary/aromatic N) is 3. The van der Waals surface area contributed by atoms with Crippen LogP contribution >= 0.6 is 0 Å². The number of carbonyl (C=O) groups excluding carboxylic acids is 2. The molecule has 0 saturated carbocycles. The van der Waals surface area contributed by atoms with E-state index in [-0.39, 0.29) is 5.91 Å². The van der Waals surface area contributed by atoms with E-state index in [9.17, 15) is 9.59 Å². The number of pyridine rings is 1. The number of hydrogen-bond acceptors (Lipinski definition) is 5. The molecule has 1 aliphatic heterocycles. The molecule has 1 amide bonds. The number of ether oxygens (including phenoxy) is 1. The first-order chi connectivity index (χ1) is 10.2. The number of aromatic amines is 1. The standard InChI is InChI=1S/C14H14N4O3/c1-21-14(20)12-10-4-6-18(8-11(10)16-17-12)13(19)9-3-2-5-15-7-9/h2-3,5,7H,4,6,8H2,1H3,(H,16,17). The predicted octanol–water partition coefficient (Wildman–Crippen LogP) is 0.790. The lowest BCUT2D eigenvalue weighted by atomic mass is 10.0. The Balaban J connectivity index is 1.81. The van der Waals surface area contributed by atoms with E-state index in [0.29, 0.717) is 30.8 Å². The summed E-state index contributed by atoms with van der Waals surface area (Å²) in [6.45, 7) is 0.928. The minimum Gasteiger partial charge on any atom is -0.464 e. The van der Waals surface area contributed by atoms with Gasteiger partial charge in [-0.05, 0) is 18.6 Å². The first-order valence-electron chi connectivity index (χ1n) is 6.54. The van der Waals surface area contributed by atoms with Crippen LogP contribution in [0.1, 0.15) is 32.1 Å². The molecule has 2 aromatic heterocycles. The molecule has 0 bridgehead atoms. The molecule has 0 atom stereocenters. The van der Waals surface area contributed by atoms with Crippen LogP contribution in [0.2, 0.25) is 0 Å². The number of fused-ring (bicyclic) bond motifs is 1. The van der Waals surface area contributed by atoms with Crippen molar-refractivity contribution in [2.45, 2.75) is 13.0 Å². The van der Waals surface area contributed by atoms with Gasteiger partial charge in [0.1, 0.15) is 0 Å². The van der Waals surface area contributed by atoms with Gasteiger partial charge in [0, 0.05) is 24.5 Å². The van der Waals surface area contributed by atoms with Crippen LogP contribution in [0.25, 0.3) is 0 Å². The van der Waals surface area contributed by atoms with Crippen molar-refractivity contribution in [1.82, 2.24) is 20.1 Å². The van der Waals surface area contributed by atoms with E-state index in [1.807, 2.05) is 0 Å². The number of esters is 1. The molecule has 0 spiro atoms. The van der Waals surface area contributed by atoms with Crippen LogP contribution in [-0.2, 0) is 17.7 Å². The Kier molecular flexibility index (Phi) is 3.39. The monoisotopic (exact) mass is 286 g/mol. The zero-order valence-corrected chi connectivity index (χ0v) is 11.5. The molecule has 0 radical (unpaired) electrons. The molecule has 7 nitrogen and oxygen atoms in total. The van der Waals surface area contributed by atoms with Crippen molar-refractivity contribution in [1.29, 1.82) is 0 Å². The van der Waals surface area contributed by atoms with Crippen molar-refractivity contribution in [3.8, 4) is 0 Å². The normalized spacial score (nSPS) is 13.7. The molecule has 0 saturated heterocycles. The smallest absolute Gasteiger partial charge is 0.358 e. The third kappa shape index (κ3) is 2.37. The summed E-state index contributed by atoms with van der Waals surface area (Å²) in [7, 11) is 1.32. The zero-order valence-electron chi connectivity index (χ0n) is 11.5. The summed E-state index contributed by atoms with van der Waals surface area (Å²) >= 11 is 0. The van der Waals surface area contributed by atoms with Gasteiger partial charge < -0.3 is 9.64 Å². The van der Waals surface area contributed by atoms with Crippen LogP contribution in [-0.4, -0.2) is 45.6 Å². The summed E-state index contributed by atoms with van der Waals surface area (Å²) in [6.07, 6.45) is 3.75. The van der Waals surface area contributed by atoms with Gasteiger partial charge in [-0.2, -0.15) is 5.10 Å². The number of aromatic nitrogens is 3. The molecule has 0 aliphatic carbocycles. The van der Waals surface area contributed by atoms with Crippen molar-refractivity contribution < 1.29 is 14.3 Å². The van der Waals surface area contributed by atoms with Gasteiger partial charge in [-0.3, -0.25) is 14.9 Å². The number of methoxy groups -OCH3 is 1. The van der Waals surface area contributed by atoms with Crippen LogP contribution < -0.4 is 0 Å². The fourth-order valence-electron chi connectivity index (χ4n) is 2.43. The molecular weight excluding hydrogens is 272 g/mol. The van der Waals surface area contributed by atoms with Crippen molar-refractivity contribution >= 4 is 11.9 Å². The minimum absolute atomic E-state index is 0.0806. The van der Waals surface area contributed by atoms with Crippen molar-refractivity contribution in [2.75, 3.05) is 13.7 Å². The van der Waals surface area contributed by atoms with Gasteiger partial charge in [-0.15, -0.1) is 0 Å². The van der Waals surface area contributed by atoms with E-state index in [1.54, 1.807) is 29.4 Å². The van der Waals surface area contributed by atoms with Crippen LogP contribution in [0.4, 0.5) is 0 Å². The molecule has 21 heavy (non-hydrogen) atoms. The molecule has 108 valence electrons. The van der Waals surface area contributed by atoms with E-state index in [2.05, 4.69) is 15.2 Å². The highest BCUT2D eigenvalue weighted by molar-refractivity contribution is 5.94. The Morgan fingerprint density at radius 2 is 2.29 bits per heavy atom. The number of carbonyl (C=O) groups is 2. The fourth-order valence-corrected chi connectivity index (χ4v) is 2.43. The molecule has 3 rings (SSSR count). The zero-order chi connectivity index (χ0) is 14.8. The summed E-state index contributed by atoms with van der Waals surface area (Å²) in [5.41, 5.74) is 2.46. The maximum atomic E-state index is 12.4. The SMILES string of the molecule is COC(=O)c1n[nH]c2c1CCN(C(=O)c1cccnc1)C2. The number of rotatable bonds is 2. The van der Waals surface area contributed by atoms with Crippen LogP contribution in [0.5, 0.6) is 0 Å². The average molecular weight is 286 g/mol. The molecule has 0 unspecified atom stereocenters. The molecule has 3 heterocycles. The van der Waals surface area contributed by atoms with Crippen LogP contribution in [0.3, 0.4) is 0 Å². The first kappa shape index (κ1) is 13.3. The highest BCUT2D eigenvalue weighted by Crippen LogP contribution is 2.21. The summed E-state index contributed by atoms with van der Waals surface area (Å²) < 4.78 is 4.69. The van der Waals surface area contributed by atoms with E-state index >= 15 is 0 Å². The Morgan fingerprint density at radius 1 is 1.43 bits per heavy atom. The summed E-state index contributed by atoms with van der Waals surface area (Å²) in [5.74, 6) is -0.539. The van der Waals surface area contributed by atoms with Gasteiger partial charge in [0.2, 0.25) is 0 Å². The Hall–Kier alpha value is -2.70. The van der Waals surface area contributed by atoms with Gasteiger partial charge in [0.25, 0.3) is 5.91 Å². The van der Waals surface area contributed by atoms with Gasteiger partial charge >= 0.3 is 5.97 Å². The predicted molar refractivity (Wildman–Crippen MR) is 72.6 cm³/mol. The van der Waals surface area contributed by atoms with Crippen molar-refractivity contribution in [3.63, 3.8) is 0 Å².